The minimum Gasteiger partial charge on any atom is -0.437 e. The van der Waals surface area contributed by atoms with Gasteiger partial charge in [0.2, 0.25) is 5.91 Å². The molecule has 3 aliphatic heterocycles. The minimum atomic E-state index is -0.703. The molecule has 28 heavy (non-hydrogen) atoms. The van der Waals surface area contributed by atoms with Gasteiger partial charge in [0.25, 0.3) is 0 Å². The number of likely N-dealkylation sites (tertiary alicyclic amines) is 1. The third kappa shape index (κ3) is 2.78. The maximum atomic E-state index is 12.7. The van der Waals surface area contributed by atoms with Crippen LogP contribution in [0.25, 0.3) is 0 Å². The standard InChI is InChI=1S/C19H21ClN4O4/c20-13-3-1-2-4-14(13)21-17(26)22-7-8-24-15(9-22)19(28-18(24)27)10-23(11-19)16(25)12-5-6-12/h1-4,12,15H,5-11H2,(H,21,26). The van der Waals surface area contributed by atoms with Crippen LogP contribution in [0.3, 0.4) is 0 Å². The Bertz CT molecular complexity index is 852. The van der Waals surface area contributed by atoms with Crippen LogP contribution in [0.2, 0.25) is 5.02 Å². The Hall–Kier alpha value is -2.48. The van der Waals surface area contributed by atoms with E-state index in [2.05, 4.69) is 5.32 Å². The molecule has 1 saturated carbocycles. The number of nitrogens with zero attached hydrogens (tertiary/aromatic N) is 3. The molecule has 4 fully saturated rings. The molecule has 4 amide bonds. The van der Waals surface area contributed by atoms with Crippen LogP contribution in [0.15, 0.2) is 24.3 Å². The molecule has 8 nitrogen and oxygen atoms in total. The number of para-hydroxylation sites is 1. The van der Waals surface area contributed by atoms with Crippen molar-refractivity contribution in [2.45, 2.75) is 24.5 Å². The maximum Gasteiger partial charge on any atom is 0.411 e. The van der Waals surface area contributed by atoms with Crippen LogP contribution < -0.4 is 5.32 Å². The molecule has 1 N–H and O–H groups in total. The van der Waals surface area contributed by atoms with Crippen molar-refractivity contribution in [3.05, 3.63) is 29.3 Å². The van der Waals surface area contributed by atoms with Gasteiger partial charge in [-0.3, -0.25) is 9.69 Å². The van der Waals surface area contributed by atoms with E-state index in [1.165, 1.54) is 0 Å². The van der Waals surface area contributed by atoms with E-state index in [1.807, 2.05) is 0 Å². The van der Waals surface area contributed by atoms with Crippen molar-refractivity contribution >= 4 is 35.3 Å². The Kier molecular flexibility index (Phi) is 3.94. The molecule has 148 valence electrons. The zero-order valence-corrected chi connectivity index (χ0v) is 16.0. The first-order valence-electron chi connectivity index (χ1n) is 9.56. The molecule has 3 saturated heterocycles. The van der Waals surface area contributed by atoms with Crippen LogP contribution in [0.5, 0.6) is 0 Å². The van der Waals surface area contributed by atoms with Crippen LogP contribution in [0, 0.1) is 5.92 Å². The Balaban J connectivity index is 1.27. The predicted octanol–water partition coefficient (Wildman–Crippen LogP) is 2.00. The van der Waals surface area contributed by atoms with E-state index >= 15 is 0 Å². The molecule has 0 bridgehead atoms. The molecule has 1 aliphatic carbocycles. The van der Waals surface area contributed by atoms with Crippen molar-refractivity contribution in [2.75, 3.05) is 38.0 Å². The summed E-state index contributed by atoms with van der Waals surface area (Å²) in [6, 6.07) is 6.56. The molecule has 1 unspecified atom stereocenters. The molecule has 3 heterocycles. The largest absolute Gasteiger partial charge is 0.437 e. The lowest BCUT2D eigenvalue weighted by molar-refractivity contribution is -0.156. The Morgan fingerprint density at radius 1 is 1.14 bits per heavy atom. The summed E-state index contributed by atoms with van der Waals surface area (Å²) in [5.74, 6) is 0.305. The molecular weight excluding hydrogens is 384 g/mol. The van der Waals surface area contributed by atoms with Crippen molar-refractivity contribution in [3.63, 3.8) is 0 Å². The summed E-state index contributed by atoms with van der Waals surface area (Å²) in [5, 5.41) is 3.30. The number of ether oxygens (including phenoxy) is 1. The van der Waals surface area contributed by atoms with Crippen molar-refractivity contribution in [3.8, 4) is 0 Å². The van der Waals surface area contributed by atoms with Gasteiger partial charge in [-0.1, -0.05) is 23.7 Å². The van der Waals surface area contributed by atoms with Crippen LogP contribution >= 0.6 is 11.6 Å². The fraction of sp³-hybridized carbons (Fsp3) is 0.526. The summed E-state index contributed by atoms with van der Waals surface area (Å²) in [6.45, 7) is 2.03. The average molecular weight is 405 g/mol. The molecule has 4 aliphatic rings. The van der Waals surface area contributed by atoms with Crippen LogP contribution in [-0.2, 0) is 9.53 Å². The third-order valence-electron chi connectivity index (χ3n) is 6.07. The van der Waals surface area contributed by atoms with Crippen molar-refractivity contribution in [1.29, 1.82) is 0 Å². The highest BCUT2D eigenvalue weighted by Crippen LogP contribution is 2.42. The summed E-state index contributed by atoms with van der Waals surface area (Å²) in [7, 11) is 0. The summed E-state index contributed by atoms with van der Waals surface area (Å²) < 4.78 is 5.69. The lowest BCUT2D eigenvalue weighted by atomic mass is 9.84. The lowest BCUT2D eigenvalue weighted by Crippen LogP contribution is -2.72. The second-order valence-corrected chi connectivity index (χ2v) is 8.37. The minimum absolute atomic E-state index is 0.148. The molecule has 5 rings (SSSR count). The number of urea groups is 1. The average Bonchev–Trinajstić information content (AvgIpc) is 3.46. The van der Waals surface area contributed by atoms with Gasteiger partial charge in [-0.15, -0.1) is 0 Å². The van der Waals surface area contributed by atoms with Gasteiger partial charge in [-0.2, -0.15) is 0 Å². The van der Waals surface area contributed by atoms with E-state index in [-0.39, 0.29) is 30.0 Å². The van der Waals surface area contributed by atoms with E-state index in [0.717, 1.165) is 12.8 Å². The number of nitrogens with one attached hydrogen (secondary N) is 1. The predicted molar refractivity (Wildman–Crippen MR) is 101 cm³/mol. The number of hydrogen-bond donors (Lipinski definition) is 1. The van der Waals surface area contributed by atoms with Crippen molar-refractivity contribution in [1.82, 2.24) is 14.7 Å². The molecule has 1 atom stereocenters. The normalized spacial score (nSPS) is 25.2. The highest BCUT2D eigenvalue weighted by Gasteiger charge is 2.63. The lowest BCUT2D eigenvalue weighted by Gasteiger charge is -2.51. The van der Waals surface area contributed by atoms with Crippen LogP contribution in [0.1, 0.15) is 12.8 Å². The number of fused-ring (bicyclic) bond motifs is 2. The number of benzene rings is 1. The van der Waals surface area contributed by atoms with E-state index < -0.39 is 5.60 Å². The van der Waals surface area contributed by atoms with Gasteiger partial charge in [0.15, 0.2) is 5.60 Å². The van der Waals surface area contributed by atoms with Gasteiger partial charge in [-0.25, -0.2) is 9.59 Å². The summed E-state index contributed by atoms with van der Waals surface area (Å²) in [6.07, 6.45) is 1.55. The van der Waals surface area contributed by atoms with E-state index in [9.17, 15) is 14.4 Å². The van der Waals surface area contributed by atoms with Gasteiger partial charge in [-0.05, 0) is 25.0 Å². The second kappa shape index (κ2) is 6.27. The SMILES string of the molecule is O=C(Nc1ccccc1Cl)N1CCN2C(=O)OC3(CN(C(=O)C4CC4)C3)C2C1. The third-order valence-corrected chi connectivity index (χ3v) is 6.40. The Labute approximate surface area is 167 Å². The smallest absolute Gasteiger partial charge is 0.411 e. The Morgan fingerprint density at radius 3 is 2.61 bits per heavy atom. The molecule has 1 aromatic carbocycles. The first-order chi connectivity index (χ1) is 13.5. The number of rotatable bonds is 2. The summed E-state index contributed by atoms with van der Waals surface area (Å²) >= 11 is 6.13. The topological polar surface area (TPSA) is 82.2 Å². The van der Waals surface area contributed by atoms with Gasteiger partial charge >= 0.3 is 12.1 Å². The van der Waals surface area contributed by atoms with Gasteiger partial charge in [0.05, 0.1) is 29.8 Å². The number of anilines is 1. The monoisotopic (exact) mass is 404 g/mol. The number of piperazine rings is 1. The van der Waals surface area contributed by atoms with Gasteiger partial charge in [0, 0.05) is 25.6 Å². The quantitative estimate of drug-likeness (QED) is 0.817. The first kappa shape index (κ1) is 17.6. The molecule has 1 spiro atoms. The number of carbonyl (C=O) groups is 3. The number of carbonyl (C=O) groups excluding carboxylic acids is 3. The van der Waals surface area contributed by atoms with Crippen molar-refractivity contribution in [2.24, 2.45) is 5.92 Å². The molecular formula is C19H21ClN4O4. The zero-order chi connectivity index (χ0) is 19.5. The summed E-state index contributed by atoms with van der Waals surface area (Å²) in [5.41, 5.74) is -0.153. The number of halogens is 1. The van der Waals surface area contributed by atoms with E-state index in [4.69, 9.17) is 16.3 Å². The molecule has 9 heteroatoms. The molecule has 0 radical (unpaired) electrons. The van der Waals surface area contributed by atoms with E-state index in [1.54, 1.807) is 39.0 Å². The fourth-order valence-corrected chi connectivity index (χ4v) is 4.50. The van der Waals surface area contributed by atoms with Crippen LogP contribution in [-0.4, -0.2) is 77.1 Å². The zero-order valence-electron chi connectivity index (χ0n) is 15.3. The van der Waals surface area contributed by atoms with Gasteiger partial charge < -0.3 is 19.9 Å². The summed E-state index contributed by atoms with van der Waals surface area (Å²) in [4.78, 5) is 42.4. The second-order valence-electron chi connectivity index (χ2n) is 7.97. The molecule has 0 aromatic heterocycles. The van der Waals surface area contributed by atoms with Crippen molar-refractivity contribution < 1.29 is 19.1 Å². The highest BCUT2D eigenvalue weighted by atomic mass is 35.5. The maximum absolute atomic E-state index is 12.7. The Morgan fingerprint density at radius 2 is 1.89 bits per heavy atom. The van der Waals surface area contributed by atoms with E-state index in [0.29, 0.717) is 43.4 Å². The fourth-order valence-electron chi connectivity index (χ4n) is 4.31. The highest BCUT2D eigenvalue weighted by molar-refractivity contribution is 6.33. The number of amides is 4. The first-order valence-corrected chi connectivity index (χ1v) is 9.93. The molecule has 1 aromatic rings. The van der Waals surface area contributed by atoms with Crippen LogP contribution in [0.4, 0.5) is 15.3 Å². The number of hydrogen-bond acceptors (Lipinski definition) is 4. The van der Waals surface area contributed by atoms with Gasteiger partial charge in [0.1, 0.15) is 0 Å².